The van der Waals surface area contributed by atoms with E-state index >= 15 is 0 Å². The van der Waals surface area contributed by atoms with E-state index in [2.05, 4.69) is 5.32 Å². The van der Waals surface area contributed by atoms with Crippen LogP contribution in [0.5, 0.6) is 5.75 Å². The topological polar surface area (TPSA) is 58.6 Å². The Kier molecular flexibility index (Phi) is 6.69. The molecule has 1 fully saturated rings. The molecule has 5 heteroatoms. The van der Waals surface area contributed by atoms with Gasteiger partial charge in [-0.2, -0.15) is 0 Å². The summed E-state index contributed by atoms with van der Waals surface area (Å²) in [5.41, 5.74) is 2.69. The second-order valence-corrected chi connectivity index (χ2v) is 7.42. The highest BCUT2D eigenvalue weighted by molar-refractivity contribution is 5.94. The second kappa shape index (κ2) is 9.40. The first-order valence-electron chi connectivity index (χ1n) is 9.85. The van der Waals surface area contributed by atoms with Gasteiger partial charge < -0.3 is 15.0 Å². The lowest BCUT2D eigenvalue weighted by atomic mass is 9.91. The van der Waals surface area contributed by atoms with E-state index in [0.29, 0.717) is 12.3 Å². The van der Waals surface area contributed by atoms with E-state index in [1.165, 1.54) is 0 Å². The lowest BCUT2D eigenvalue weighted by Gasteiger charge is -2.32. The second-order valence-electron chi connectivity index (χ2n) is 7.42. The van der Waals surface area contributed by atoms with Crippen molar-refractivity contribution in [1.82, 2.24) is 4.90 Å². The summed E-state index contributed by atoms with van der Waals surface area (Å²) in [5, 5.41) is 2.93. The molecule has 3 rings (SSSR count). The Balaban J connectivity index is 1.40. The van der Waals surface area contributed by atoms with Gasteiger partial charge in [-0.3, -0.25) is 9.59 Å². The molecule has 0 bridgehead atoms. The zero-order chi connectivity index (χ0) is 19.9. The van der Waals surface area contributed by atoms with E-state index in [1.54, 1.807) is 7.11 Å². The molecule has 5 nitrogen and oxygen atoms in total. The van der Waals surface area contributed by atoms with Gasteiger partial charge in [-0.05, 0) is 68.5 Å². The van der Waals surface area contributed by atoms with Crippen molar-refractivity contribution in [3.63, 3.8) is 0 Å². The molecule has 1 N–H and O–H groups in total. The molecule has 0 aliphatic carbocycles. The summed E-state index contributed by atoms with van der Waals surface area (Å²) in [6, 6.07) is 15.1. The molecule has 1 saturated heterocycles. The van der Waals surface area contributed by atoms with Crippen molar-refractivity contribution in [1.29, 1.82) is 0 Å². The minimum atomic E-state index is 0.0309. The van der Waals surface area contributed by atoms with E-state index in [-0.39, 0.29) is 11.8 Å². The van der Waals surface area contributed by atoms with Crippen molar-refractivity contribution in [3.05, 3.63) is 59.7 Å². The summed E-state index contributed by atoms with van der Waals surface area (Å²) in [7, 11) is 1.62. The number of carbonyl (C=O) groups is 2. The van der Waals surface area contributed by atoms with Crippen LogP contribution in [0.4, 0.5) is 5.69 Å². The number of hydrogen-bond acceptors (Lipinski definition) is 3. The molecule has 2 aromatic rings. The van der Waals surface area contributed by atoms with Crippen LogP contribution in [0.2, 0.25) is 0 Å². The van der Waals surface area contributed by atoms with Crippen molar-refractivity contribution >= 4 is 17.5 Å². The van der Waals surface area contributed by atoms with Gasteiger partial charge in [-0.25, -0.2) is 0 Å². The van der Waals surface area contributed by atoms with Crippen molar-refractivity contribution in [3.8, 4) is 5.75 Å². The Bertz CT molecular complexity index is 792. The highest BCUT2D eigenvalue weighted by Crippen LogP contribution is 2.24. The van der Waals surface area contributed by atoms with Gasteiger partial charge in [0.25, 0.3) is 5.91 Å². The first-order valence-corrected chi connectivity index (χ1v) is 9.85. The molecule has 148 valence electrons. The number of anilines is 1. The smallest absolute Gasteiger partial charge is 0.253 e. The maximum absolute atomic E-state index is 12.6. The fourth-order valence-electron chi connectivity index (χ4n) is 3.54. The van der Waals surface area contributed by atoms with Gasteiger partial charge in [0.05, 0.1) is 7.11 Å². The Labute approximate surface area is 166 Å². The fourth-order valence-corrected chi connectivity index (χ4v) is 3.54. The maximum atomic E-state index is 12.6. The average Bonchev–Trinajstić information content (AvgIpc) is 2.73. The molecule has 0 atom stereocenters. The summed E-state index contributed by atoms with van der Waals surface area (Å²) in [5.74, 6) is 1.40. The van der Waals surface area contributed by atoms with Crippen LogP contribution < -0.4 is 10.1 Å². The number of aryl methyl sites for hydroxylation is 1. The van der Waals surface area contributed by atoms with Gasteiger partial charge in [0.15, 0.2) is 0 Å². The van der Waals surface area contributed by atoms with Crippen molar-refractivity contribution in [2.24, 2.45) is 5.92 Å². The van der Waals surface area contributed by atoms with Crippen molar-refractivity contribution < 1.29 is 14.3 Å². The molecule has 1 heterocycles. The Hall–Kier alpha value is -2.82. The van der Waals surface area contributed by atoms with Gasteiger partial charge in [0, 0.05) is 30.8 Å². The van der Waals surface area contributed by atoms with Crippen LogP contribution in [-0.4, -0.2) is 36.9 Å². The number of amides is 2. The van der Waals surface area contributed by atoms with E-state index in [0.717, 1.165) is 54.9 Å². The highest BCUT2D eigenvalue weighted by atomic mass is 16.5. The summed E-state index contributed by atoms with van der Waals surface area (Å²) in [4.78, 5) is 26.7. The standard InChI is InChI=1S/C23H28N2O3/c1-17-3-6-19(7-4-17)23(27)25-15-13-18(14-16-25)5-12-22(26)24-20-8-10-21(28-2)11-9-20/h3-4,6-11,18H,5,12-16H2,1-2H3,(H,24,26). The monoisotopic (exact) mass is 380 g/mol. The predicted octanol–water partition coefficient (Wildman–Crippen LogP) is 4.27. The third-order valence-corrected chi connectivity index (χ3v) is 5.35. The number of carbonyl (C=O) groups excluding carboxylic acids is 2. The number of likely N-dealkylation sites (tertiary alicyclic amines) is 1. The van der Waals surface area contributed by atoms with Crippen molar-refractivity contribution in [2.45, 2.75) is 32.6 Å². The van der Waals surface area contributed by atoms with Crippen molar-refractivity contribution in [2.75, 3.05) is 25.5 Å². The molecule has 0 radical (unpaired) electrons. The van der Waals surface area contributed by atoms with E-state index in [4.69, 9.17) is 4.74 Å². The van der Waals surface area contributed by atoms with Crippen LogP contribution in [0.3, 0.4) is 0 Å². The molecule has 0 aromatic heterocycles. The molecule has 2 aromatic carbocycles. The van der Waals surface area contributed by atoms with Crippen LogP contribution in [0.1, 0.15) is 41.6 Å². The number of hydrogen-bond donors (Lipinski definition) is 1. The largest absolute Gasteiger partial charge is 0.497 e. The quantitative estimate of drug-likeness (QED) is 0.814. The van der Waals surface area contributed by atoms with Crippen LogP contribution in [0.15, 0.2) is 48.5 Å². The predicted molar refractivity (Wildman–Crippen MR) is 111 cm³/mol. The van der Waals surface area contributed by atoms with Gasteiger partial charge in [-0.15, -0.1) is 0 Å². The number of piperidine rings is 1. The molecular formula is C23H28N2O3. The Morgan fingerprint density at radius 2 is 1.68 bits per heavy atom. The van der Waals surface area contributed by atoms with E-state index in [1.807, 2.05) is 60.4 Å². The molecule has 0 unspecified atom stereocenters. The molecular weight excluding hydrogens is 352 g/mol. The van der Waals surface area contributed by atoms with Gasteiger partial charge in [0.2, 0.25) is 5.91 Å². The number of nitrogens with one attached hydrogen (secondary N) is 1. The van der Waals surface area contributed by atoms with E-state index in [9.17, 15) is 9.59 Å². The lowest BCUT2D eigenvalue weighted by molar-refractivity contribution is -0.116. The molecule has 1 aliphatic heterocycles. The summed E-state index contributed by atoms with van der Waals surface area (Å²) in [6.45, 7) is 3.54. The minimum absolute atomic E-state index is 0.0309. The third kappa shape index (κ3) is 5.35. The van der Waals surface area contributed by atoms with Gasteiger partial charge in [-0.1, -0.05) is 17.7 Å². The molecule has 28 heavy (non-hydrogen) atoms. The van der Waals surface area contributed by atoms with Gasteiger partial charge in [0.1, 0.15) is 5.75 Å². The summed E-state index contributed by atoms with van der Waals surface area (Å²) in [6.07, 6.45) is 3.26. The first-order chi connectivity index (χ1) is 13.5. The Morgan fingerprint density at radius 3 is 2.29 bits per heavy atom. The highest BCUT2D eigenvalue weighted by Gasteiger charge is 2.24. The minimum Gasteiger partial charge on any atom is -0.497 e. The number of methoxy groups -OCH3 is 1. The fraction of sp³-hybridized carbons (Fsp3) is 0.391. The number of nitrogens with zero attached hydrogens (tertiary/aromatic N) is 1. The zero-order valence-corrected chi connectivity index (χ0v) is 16.6. The van der Waals surface area contributed by atoms with E-state index < -0.39 is 0 Å². The number of rotatable bonds is 6. The lowest BCUT2D eigenvalue weighted by Crippen LogP contribution is -2.38. The normalized spacial score (nSPS) is 14.6. The molecule has 0 saturated carbocycles. The summed E-state index contributed by atoms with van der Waals surface area (Å²) < 4.78 is 5.12. The Morgan fingerprint density at radius 1 is 1.04 bits per heavy atom. The molecule has 0 spiro atoms. The molecule has 1 aliphatic rings. The van der Waals surface area contributed by atoms with Crippen LogP contribution >= 0.6 is 0 Å². The van der Waals surface area contributed by atoms with Crippen LogP contribution in [0.25, 0.3) is 0 Å². The summed E-state index contributed by atoms with van der Waals surface area (Å²) >= 11 is 0. The molecule has 2 amide bonds. The SMILES string of the molecule is COc1ccc(NC(=O)CCC2CCN(C(=O)c3ccc(C)cc3)CC2)cc1. The number of benzene rings is 2. The van der Waals surface area contributed by atoms with Crippen LogP contribution in [-0.2, 0) is 4.79 Å². The first kappa shape index (κ1) is 19.9. The van der Waals surface area contributed by atoms with Gasteiger partial charge >= 0.3 is 0 Å². The number of ether oxygens (including phenoxy) is 1. The zero-order valence-electron chi connectivity index (χ0n) is 16.6. The third-order valence-electron chi connectivity index (χ3n) is 5.35. The maximum Gasteiger partial charge on any atom is 0.253 e. The average molecular weight is 380 g/mol. The van der Waals surface area contributed by atoms with Crippen LogP contribution in [0, 0.1) is 12.8 Å².